The Morgan fingerprint density at radius 3 is 2.84 bits per heavy atom. The first-order valence-electron chi connectivity index (χ1n) is 9.57. The molecule has 5 nitrogen and oxygen atoms in total. The van der Waals surface area contributed by atoms with E-state index in [1.165, 1.54) is 31.5 Å². The van der Waals surface area contributed by atoms with E-state index in [0.717, 1.165) is 37.7 Å². The van der Waals surface area contributed by atoms with E-state index in [1.54, 1.807) is 0 Å². The highest BCUT2D eigenvalue weighted by molar-refractivity contribution is 5.38. The summed E-state index contributed by atoms with van der Waals surface area (Å²) in [7, 11) is 0. The van der Waals surface area contributed by atoms with Gasteiger partial charge in [-0.2, -0.15) is 5.10 Å². The summed E-state index contributed by atoms with van der Waals surface area (Å²) in [6, 6.07) is 13.4. The van der Waals surface area contributed by atoms with Gasteiger partial charge in [0.15, 0.2) is 0 Å². The molecule has 3 heterocycles. The van der Waals surface area contributed by atoms with E-state index in [0.29, 0.717) is 12.0 Å². The zero-order valence-electron chi connectivity index (χ0n) is 15.1. The number of anilines is 1. The Balaban J connectivity index is 1.38. The van der Waals surface area contributed by atoms with E-state index in [-0.39, 0.29) is 0 Å². The number of hydrogen-bond donors (Lipinski definition) is 2. The molecule has 1 aromatic heterocycles. The van der Waals surface area contributed by atoms with Gasteiger partial charge in [0, 0.05) is 44.2 Å². The zero-order valence-corrected chi connectivity index (χ0v) is 15.1. The molecule has 0 bridgehead atoms. The van der Waals surface area contributed by atoms with Crippen molar-refractivity contribution in [2.24, 2.45) is 5.92 Å². The highest BCUT2D eigenvalue weighted by atomic mass is 15.3. The van der Waals surface area contributed by atoms with Gasteiger partial charge >= 0.3 is 0 Å². The molecular formula is C20H29N5. The Morgan fingerprint density at radius 2 is 2.04 bits per heavy atom. The van der Waals surface area contributed by atoms with Crippen molar-refractivity contribution in [3.05, 3.63) is 47.7 Å². The molecular weight excluding hydrogens is 310 g/mol. The summed E-state index contributed by atoms with van der Waals surface area (Å²) >= 11 is 0. The SMILES string of the molecule is Cc1cc2n(n1)C[C@H](CN[C@H](CN1CCCC1)c1ccccc1)CN2. The molecule has 0 amide bonds. The molecule has 25 heavy (non-hydrogen) atoms. The molecule has 2 N–H and O–H groups in total. The maximum Gasteiger partial charge on any atom is 0.124 e. The van der Waals surface area contributed by atoms with Crippen molar-refractivity contribution in [2.75, 3.05) is 38.0 Å². The van der Waals surface area contributed by atoms with Gasteiger partial charge in [-0.3, -0.25) is 0 Å². The Hall–Kier alpha value is -1.85. The van der Waals surface area contributed by atoms with E-state index in [1.807, 2.05) is 0 Å². The first-order valence-corrected chi connectivity index (χ1v) is 9.57. The maximum atomic E-state index is 4.59. The van der Waals surface area contributed by atoms with Crippen LogP contribution in [-0.2, 0) is 6.54 Å². The second kappa shape index (κ2) is 7.58. The predicted molar refractivity (Wildman–Crippen MR) is 102 cm³/mol. The van der Waals surface area contributed by atoms with Gasteiger partial charge in [0.2, 0.25) is 0 Å². The Labute approximate surface area is 150 Å². The summed E-state index contributed by atoms with van der Waals surface area (Å²) in [5.41, 5.74) is 2.49. The minimum atomic E-state index is 0.403. The van der Waals surface area contributed by atoms with E-state index in [4.69, 9.17) is 0 Å². The number of hydrogen-bond acceptors (Lipinski definition) is 4. The number of benzene rings is 1. The largest absolute Gasteiger partial charge is 0.370 e. The average molecular weight is 339 g/mol. The van der Waals surface area contributed by atoms with Crippen LogP contribution in [0.15, 0.2) is 36.4 Å². The molecule has 0 spiro atoms. The van der Waals surface area contributed by atoms with Crippen molar-refractivity contribution in [1.29, 1.82) is 0 Å². The quantitative estimate of drug-likeness (QED) is 0.849. The molecule has 1 fully saturated rings. The van der Waals surface area contributed by atoms with Crippen molar-refractivity contribution in [2.45, 2.75) is 32.4 Å². The third kappa shape index (κ3) is 4.05. The van der Waals surface area contributed by atoms with Gasteiger partial charge in [0.05, 0.1) is 5.69 Å². The third-order valence-electron chi connectivity index (χ3n) is 5.40. The van der Waals surface area contributed by atoms with Crippen molar-refractivity contribution >= 4 is 5.82 Å². The van der Waals surface area contributed by atoms with Crippen LogP contribution in [0.2, 0.25) is 0 Å². The number of rotatable bonds is 6. The molecule has 1 aromatic carbocycles. The summed E-state index contributed by atoms with van der Waals surface area (Å²) in [5.74, 6) is 1.72. The second-order valence-corrected chi connectivity index (χ2v) is 7.48. The van der Waals surface area contributed by atoms with Gasteiger partial charge in [0.1, 0.15) is 5.82 Å². The number of aryl methyl sites for hydroxylation is 1. The number of likely N-dealkylation sites (tertiary alicyclic amines) is 1. The van der Waals surface area contributed by atoms with Crippen LogP contribution >= 0.6 is 0 Å². The van der Waals surface area contributed by atoms with E-state index in [9.17, 15) is 0 Å². The standard InChI is InChI=1S/C20H29N5/c1-16-11-20-22-13-17(14-25(20)23-16)12-21-19(15-24-9-5-6-10-24)18-7-3-2-4-8-18/h2-4,7-8,11,17,19,21-22H,5-6,9-10,12-15H2,1H3/t17-,19-/m1/s1. The van der Waals surface area contributed by atoms with Crippen LogP contribution in [0.4, 0.5) is 5.82 Å². The fourth-order valence-electron chi connectivity index (χ4n) is 4.03. The molecule has 134 valence electrons. The zero-order chi connectivity index (χ0) is 17.1. The van der Waals surface area contributed by atoms with Gasteiger partial charge in [-0.05, 0) is 38.4 Å². The van der Waals surface area contributed by atoms with Crippen LogP contribution in [0, 0.1) is 12.8 Å². The molecule has 2 aliphatic rings. The molecule has 1 saturated heterocycles. The summed E-state index contributed by atoms with van der Waals surface area (Å²) < 4.78 is 2.11. The average Bonchev–Trinajstić information content (AvgIpc) is 3.27. The fourth-order valence-corrected chi connectivity index (χ4v) is 4.03. The van der Waals surface area contributed by atoms with Gasteiger partial charge in [0.25, 0.3) is 0 Å². The molecule has 5 heteroatoms. The smallest absolute Gasteiger partial charge is 0.124 e. The first kappa shape index (κ1) is 16.6. The number of nitrogens with zero attached hydrogens (tertiary/aromatic N) is 3. The van der Waals surface area contributed by atoms with E-state index < -0.39 is 0 Å². The summed E-state index contributed by atoms with van der Waals surface area (Å²) in [5, 5.41) is 12.0. The Kier molecular flexibility index (Phi) is 5.04. The lowest BCUT2D eigenvalue weighted by atomic mass is 10.0. The fraction of sp³-hybridized carbons (Fsp3) is 0.550. The van der Waals surface area contributed by atoms with Crippen molar-refractivity contribution in [1.82, 2.24) is 20.0 Å². The van der Waals surface area contributed by atoms with Gasteiger partial charge in [-0.1, -0.05) is 30.3 Å². The van der Waals surface area contributed by atoms with Crippen LogP contribution in [0.3, 0.4) is 0 Å². The minimum absolute atomic E-state index is 0.403. The predicted octanol–water partition coefficient (Wildman–Crippen LogP) is 2.66. The Bertz CT molecular complexity index is 675. The number of aromatic nitrogens is 2. The molecule has 4 rings (SSSR count). The van der Waals surface area contributed by atoms with Gasteiger partial charge in [-0.15, -0.1) is 0 Å². The molecule has 2 aromatic rings. The number of nitrogens with one attached hydrogen (secondary N) is 2. The topological polar surface area (TPSA) is 45.1 Å². The van der Waals surface area contributed by atoms with Crippen LogP contribution in [0.1, 0.15) is 30.1 Å². The summed E-state index contributed by atoms with van der Waals surface area (Å²) in [6.07, 6.45) is 2.69. The monoisotopic (exact) mass is 339 g/mol. The van der Waals surface area contributed by atoms with Crippen LogP contribution < -0.4 is 10.6 Å². The number of fused-ring (bicyclic) bond motifs is 1. The van der Waals surface area contributed by atoms with Crippen LogP contribution in [-0.4, -0.2) is 47.4 Å². The molecule has 0 radical (unpaired) electrons. The second-order valence-electron chi connectivity index (χ2n) is 7.48. The highest BCUT2D eigenvalue weighted by Gasteiger charge is 2.22. The lowest BCUT2D eigenvalue weighted by Crippen LogP contribution is -2.40. The van der Waals surface area contributed by atoms with Crippen LogP contribution in [0.5, 0.6) is 0 Å². The molecule has 2 atom stereocenters. The first-order chi connectivity index (χ1) is 12.3. The Morgan fingerprint density at radius 1 is 1.24 bits per heavy atom. The molecule has 0 unspecified atom stereocenters. The van der Waals surface area contributed by atoms with Gasteiger partial charge in [-0.25, -0.2) is 4.68 Å². The lowest BCUT2D eigenvalue weighted by molar-refractivity contribution is 0.278. The van der Waals surface area contributed by atoms with Crippen LogP contribution in [0.25, 0.3) is 0 Å². The van der Waals surface area contributed by atoms with E-state index >= 15 is 0 Å². The van der Waals surface area contributed by atoms with Crippen molar-refractivity contribution in [3.63, 3.8) is 0 Å². The minimum Gasteiger partial charge on any atom is -0.370 e. The van der Waals surface area contributed by atoms with Crippen molar-refractivity contribution < 1.29 is 0 Å². The molecule has 2 aliphatic heterocycles. The molecule has 0 saturated carbocycles. The summed E-state index contributed by atoms with van der Waals surface area (Å²) in [6.45, 7) is 8.67. The van der Waals surface area contributed by atoms with Gasteiger partial charge < -0.3 is 15.5 Å². The highest BCUT2D eigenvalue weighted by Crippen LogP contribution is 2.21. The summed E-state index contributed by atoms with van der Waals surface area (Å²) in [4.78, 5) is 2.60. The third-order valence-corrected chi connectivity index (χ3v) is 5.40. The normalized spacial score (nSPS) is 21.7. The molecule has 0 aliphatic carbocycles. The van der Waals surface area contributed by atoms with Crippen molar-refractivity contribution in [3.8, 4) is 0 Å². The van der Waals surface area contributed by atoms with E-state index in [2.05, 4.69) is 68.6 Å². The maximum absolute atomic E-state index is 4.59. The lowest BCUT2D eigenvalue weighted by Gasteiger charge is -2.29.